The number of carbonyl (C=O) groups excluding carboxylic acids is 2. The Bertz CT molecular complexity index is 455. The van der Waals surface area contributed by atoms with Gasteiger partial charge in [-0.25, -0.2) is 9.78 Å². The molecule has 0 aliphatic carbocycles. The van der Waals surface area contributed by atoms with Gasteiger partial charge in [-0.3, -0.25) is 10.1 Å². The van der Waals surface area contributed by atoms with Crippen molar-refractivity contribution in [2.24, 2.45) is 0 Å². The second-order valence-corrected chi connectivity index (χ2v) is 4.38. The molecule has 1 aliphatic heterocycles. The number of carbonyl (C=O) groups is 2. The van der Waals surface area contributed by atoms with Crippen molar-refractivity contribution < 1.29 is 14.3 Å². The molecule has 0 unspecified atom stereocenters. The first kappa shape index (κ1) is 14.1. The highest BCUT2D eigenvalue weighted by molar-refractivity contribution is 5.84. The molecule has 0 spiro atoms. The van der Waals surface area contributed by atoms with E-state index in [1.54, 1.807) is 24.1 Å². The number of rotatable bonds is 4. The fraction of sp³-hybridized carbons (Fsp3) is 0.462. The number of hydrogen-bond donors (Lipinski definition) is 1. The number of nitrogens with zero attached hydrogens (tertiary/aromatic N) is 3. The normalized spacial score (nSPS) is 14.8. The molecule has 0 atom stereocenters. The van der Waals surface area contributed by atoms with Crippen molar-refractivity contribution >= 4 is 24.0 Å². The zero-order valence-corrected chi connectivity index (χ0v) is 11.4. The Morgan fingerprint density at radius 1 is 1.40 bits per heavy atom. The first-order chi connectivity index (χ1) is 9.72. The molecule has 7 nitrogen and oxygen atoms in total. The fourth-order valence-electron chi connectivity index (χ4n) is 1.99. The maximum absolute atomic E-state index is 11.3. The summed E-state index contributed by atoms with van der Waals surface area (Å²) in [6, 6.07) is 3.63. The SMILES string of the molecule is CCOC(=O)Nc1ccc(N2CCN(C=O)CC2)nc1. The van der Waals surface area contributed by atoms with Crippen LogP contribution in [0.2, 0.25) is 0 Å². The molecular weight excluding hydrogens is 260 g/mol. The van der Waals surface area contributed by atoms with Crippen molar-refractivity contribution in [3.8, 4) is 0 Å². The van der Waals surface area contributed by atoms with Crippen LogP contribution in [0.3, 0.4) is 0 Å². The van der Waals surface area contributed by atoms with E-state index in [-0.39, 0.29) is 0 Å². The summed E-state index contributed by atoms with van der Waals surface area (Å²) in [7, 11) is 0. The van der Waals surface area contributed by atoms with Gasteiger partial charge in [0.05, 0.1) is 18.5 Å². The molecule has 108 valence electrons. The summed E-state index contributed by atoms with van der Waals surface area (Å²) in [5, 5.41) is 2.59. The van der Waals surface area contributed by atoms with Gasteiger partial charge in [0.15, 0.2) is 0 Å². The van der Waals surface area contributed by atoms with E-state index in [1.165, 1.54) is 0 Å². The van der Waals surface area contributed by atoms with Crippen molar-refractivity contribution in [2.45, 2.75) is 6.92 Å². The topological polar surface area (TPSA) is 74.8 Å². The molecule has 20 heavy (non-hydrogen) atoms. The highest BCUT2D eigenvalue weighted by Crippen LogP contribution is 2.15. The second-order valence-electron chi connectivity index (χ2n) is 4.38. The molecule has 1 saturated heterocycles. The van der Waals surface area contributed by atoms with E-state index in [9.17, 15) is 9.59 Å². The minimum Gasteiger partial charge on any atom is -0.450 e. The Morgan fingerprint density at radius 2 is 2.15 bits per heavy atom. The summed E-state index contributed by atoms with van der Waals surface area (Å²) in [4.78, 5) is 30.1. The average Bonchev–Trinajstić information content (AvgIpc) is 2.48. The maximum Gasteiger partial charge on any atom is 0.411 e. The van der Waals surface area contributed by atoms with Crippen LogP contribution in [0.15, 0.2) is 18.3 Å². The molecule has 0 radical (unpaired) electrons. The Balaban J connectivity index is 1.91. The summed E-state index contributed by atoms with van der Waals surface area (Å²) in [6.07, 6.45) is 1.98. The summed E-state index contributed by atoms with van der Waals surface area (Å²) >= 11 is 0. The summed E-state index contributed by atoms with van der Waals surface area (Å²) in [6.45, 7) is 5.01. The molecule has 1 aliphatic rings. The van der Waals surface area contributed by atoms with E-state index < -0.39 is 6.09 Å². The van der Waals surface area contributed by atoms with Gasteiger partial charge in [0, 0.05) is 26.2 Å². The van der Waals surface area contributed by atoms with Crippen molar-refractivity contribution in [3.63, 3.8) is 0 Å². The number of hydrogen-bond acceptors (Lipinski definition) is 5. The number of ether oxygens (including phenoxy) is 1. The van der Waals surface area contributed by atoms with E-state index in [0.717, 1.165) is 25.3 Å². The number of piperazine rings is 1. The molecule has 1 fully saturated rings. The minimum atomic E-state index is -0.485. The third kappa shape index (κ3) is 3.59. The summed E-state index contributed by atoms with van der Waals surface area (Å²) in [5.41, 5.74) is 0.596. The lowest BCUT2D eigenvalue weighted by atomic mass is 10.3. The summed E-state index contributed by atoms with van der Waals surface area (Å²) < 4.78 is 4.79. The number of amides is 2. The first-order valence-corrected chi connectivity index (χ1v) is 6.57. The minimum absolute atomic E-state index is 0.332. The van der Waals surface area contributed by atoms with Gasteiger partial charge in [0.1, 0.15) is 5.82 Å². The number of nitrogens with one attached hydrogen (secondary N) is 1. The van der Waals surface area contributed by atoms with E-state index in [2.05, 4.69) is 15.2 Å². The second kappa shape index (κ2) is 6.74. The lowest BCUT2D eigenvalue weighted by molar-refractivity contribution is -0.118. The molecule has 2 heterocycles. The van der Waals surface area contributed by atoms with Crippen LogP contribution in [-0.4, -0.2) is 55.2 Å². The Morgan fingerprint density at radius 3 is 2.70 bits per heavy atom. The van der Waals surface area contributed by atoms with Crippen LogP contribution in [0.4, 0.5) is 16.3 Å². The Hall–Kier alpha value is -2.31. The monoisotopic (exact) mass is 278 g/mol. The Labute approximate surface area is 117 Å². The van der Waals surface area contributed by atoms with Gasteiger partial charge >= 0.3 is 6.09 Å². The van der Waals surface area contributed by atoms with Gasteiger partial charge < -0.3 is 14.5 Å². The van der Waals surface area contributed by atoms with Crippen LogP contribution in [0, 0.1) is 0 Å². The predicted molar refractivity (Wildman–Crippen MR) is 74.7 cm³/mol. The van der Waals surface area contributed by atoms with Gasteiger partial charge in [0.2, 0.25) is 6.41 Å². The molecule has 1 aromatic rings. The quantitative estimate of drug-likeness (QED) is 0.829. The first-order valence-electron chi connectivity index (χ1n) is 6.57. The van der Waals surface area contributed by atoms with Crippen LogP contribution < -0.4 is 10.2 Å². The fourth-order valence-corrected chi connectivity index (χ4v) is 1.99. The third-order valence-corrected chi connectivity index (χ3v) is 3.06. The van der Waals surface area contributed by atoms with E-state index >= 15 is 0 Å². The van der Waals surface area contributed by atoms with E-state index in [4.69, 9.17) is 4.74 Å². The Kier molecular flexibility index (Phi) is 4.75. The van der Waals surface area contributed by atoms with Crippen molar-refractivity contribution in [3.05, 3.63) is 18.3 Å². The molecule has 1 aromatic heterocycles. The van der Waals surface area contributed by atoms with Crippen molar-refractivity contribution in [2.75, 3.05) is 43.0 Å². The van der Waals surface area contributed by atoms with E-state index in [0.29, 0.717) is 25.4 Å². The summed E-state index contributed by atoms with van der Waals surface area (Å²) in [5.74, 6) is 0.838. The molecular formula is C13H18N4O3. The maximum atomic E-state index is 11.3. The van der Waals surface area contributed by atoms with Crippen LogP contribution in [0.25, 0.3) is 0 Å². The molecule has 7 heteroatoms. The highest BCUT2D eigenvalue weighted by Gasteiger charge is 2.16. The van der Waals surface area contributed by atoms with E-state index in [1.807, 2.05) is 6.07 Å². The standard InChI is InChI=1S/C13H18N4O3/c1-2-20-13(19)15-11-3-4-12(14-9-11)17-7-5-16(10-18)6-8-17/h3-4,9-10H,2,5-8H2,1H3,(H,15,19). The predicted octanol–water partition coefficient (Wildman–Crippen LogP) is 0.928. The largest absolute Gasteiger partial charge is 0.450 e. The molecule has 0 bridgehead atoms. The van der Waals surface area contributed by atoms with Gasteiger partial charge in [-0.2, -0.15) is 0 Å². The van der Waals surface area contributed by atoms with Gasteiger partial charge in [0.25, 0.3) is 0 Å². The number of pyridine rings is 1. The zero-order valence-electron chi connectivity index (χ0n) is 11.4. The van der Waals surface area contributed by atoms with Crippen molar-refractivity contribution in [1.82, 2.24) is 9.88 Å². The lowest BCUT2D eigenvalue weighted by Gasteiger charge is -2.33. The lowest BCUT2D eigenvalue weighted by Crippen LogP contribution is -2.46. The number of anilines is 2. The molecule has 1 N–H and O–H groups in total. The van der Waals surface area contributed by atoms with Crippen LogP contribution in [0.1, 0.15) is 6.92 Å². The van der Waals surface area contributed by atoms with Crippen LogP contribution >= 0.6 is 0 Å². The average molecular weight is 278 g/mol. The molecule has 2 rings (SSSR count). The molecule has 2 amide bonds. The van der Waals surface area contributed by atoms with Gasteiger partial charge in [-0.05, 0) is 19.1 Å². The van der Waals surface area contributed by atoms with Crippen LogP contribution in [-0.2, 0) is 9.53 Å². The van der Waals surface area contributed by atoms with Gasteiger partial charge in [-0.1, -0.05) is 0 Å². The molecule has 0 saturated carbocycles. The van der Waals surface area contributed by atoms with Crippen molar-refractivity contribution in [1.29, 1.82) is 0 Å². The molecule has 0 aromatic carbocycles. The smallest absolute Gasteiger partial charge is 0.411 e. The zero-order chi connectivity index (χ0) is 14.4. The van der Waals surface area contributed by atoms with Crippen LogP contribution in [0.5, 0.6) is 0 Å². The third-order valence-electron chi connectivity index (χ3n) is 3.06. The van der Waals surface area contributed by atoms with Gasteiger partial charge in [-0.15, -0.1) is 0 Å². The highest BCUT2D eigenvalue weighted by atomic mass is 16.5. The number of aromatic nitrogens is 1.